The van der Waals surface area contributed by atoms with Crippen molar-refractivity contribution in [1.82, 2.24) is 10.6 Å². The van der Waals surface area contributed by atoms with Gasteiger partial charge in [-0.1, -0.05) is 0 Å². The van der Waals surface area contributed by atoms with Crippen LogP contribution in [-0.4, -0.2) is 30.8 Å². The summed E-state index contributed by atoms with van der Waals surface area (Å²) >= 11 is 0. The monoisotopic (exact) mass is 226 g/mol. The second-order valence-electron chi connectivity index (χ2n) is 5.98. The summed E-state index contributed by atoms with van der Waals surface area (Å²) in [5.74, 6) is 1.39. The van der Waals surface area contributed by atoms with Crippen molar-refractivity contribution in [2.75, 3.05) is 13.1 Å². The van der Waals surface area contributed by atoms with Crippen LogP contribution in [0.2, 0.25) is 0 Å². The third kappa shape index (κ3) is 2.88. The molecule has 3 atom stereocenters. The van der Waals surface area contributed by atoms with Crippen molar-refractivity contribution in [3.8, 4) is 0 Å². The number of hydrogen-bond donors (Lipinski definition) is 2. The quantitative estimate of drug-likeness (QED) is 0.750. The molecule has 1 saturated carbocycles. The first-order valence-corrected chi connectivity index (χ1v) is 6.14. The molecule has 0 spiro atoms. The molecule has 4 heteroatoms. The molecule has 4 nitrogen and oxygen atoms in total. The zero-order valence-electron chi connectivity index (χ0n) is 10.4. The number of ether oxygens (including phenoxy) is 1. The summed E-state index contributed by atoms with van der Waals surface area (Å²) in [6, 6.07) is 0.690. The van der Waals surface area contributed by atoms with Gasteiger partial charge in [0.25, 0.3) is 0 Å². The Labute approximate surface area is 97.1 Å². The van der Waals surface area contributed by atoms with Crippen LogP contribution in [0.5, 0.6) is 0 Å². The zero-order chi connectivity index (χ0) is 11.8. The predicted octanol–water partition coefficient (Wildman–Crippen LogP) is 1.51. The predicted molar refractivity (Wildman–Crippen MR) is 62.2 cm³/mol. The lowest BCUT2D eigenvalue weighted by Gasteiger charge is -2.24. The summed E-state index contributed by atoms with van der Waals surface area (Å²) in [4.78, 5) is 11.5. The number of fused-ring (bicyclic) bond motifs is 2. The number of carbonyl (C=O) groups excluding carboxylic acids is 1. The van der Waals surface area contributed by atoms with Crippen LogP contribution in [0, 0.1) is 11.8 Å². The highest BCUT2D eigenvalue weighted by Crippen LogP contribution is 2.35. The Kier molecular flexibility index (Phi) is 3.10. The van der Waals surface area contributed by atoms with Crippen LogP contribution in [0.25, 0.3) is 0 Å². The van der Waals surface area contributed by atoms with Gasteiger partial charge < -0.3 is 15.4 Å². The van der Waals surface area contributed by atoms with E-state index in [4.69, 9.17) is 4.74 Å². The molecular weight excluding hydrogens is 204 g/mol. The van der Waals surface area contributed by atoms with E-state index >= 15 is 0 Å². The van der Waals surface area contributed by atoms with E-state index in [9.17, 15) is 4.79 Å². The van der Waals surface area contributed by atoms with E-state index in [1.165, 1.54) is 12.8 Å². The van der Waals surface area contributed by atoms with Crippen LogP contribution in [0.15, 0.2) is 0 Å². The maximum atomic E-state index is 11.5. The number of rotatable bonds is 2. The van der Waals surface area contributed by atoms with Gasteiger partial charge >= 0.3 is 6.09 Å². The topological polar surface area (TPSA) is 50.4 Å². The molecule has 0 aromatic rings. The maximum Gasteiger partial charge on any atom is 0.407 e. The van der Waals surface area contributed by atoms with Gasteiger partial charge in [-0.25, -0.2) is 4.79 Å². The zero-order valence-corrected chi connectivity index (χ0v) is 10.4. The molecule has 1 heterocycles. The number of alkyl carbamates (subject to hydrolysis) is 1. The van der Waals surface area contributed by atoms with Gasteiger partial charge in [0.2, 0.25) is 0 Å². The fraction of sp³-hybridized carbons (Fsp3) is 0.917. The largest absolute Gasteiger partial charge is 0.444 e. The standard InChI is InChI=1S/C12H22N2O2/c1-12(2,3)16-11(15)14-7-9-5-10-4-8(9)6-13-10/h8-10,13H,4-7H2,1-3H3,(H,14,15). The summed E-state index contributed by atoms with van der Waals surface area (Å²) in [7, 11) is 0. The van der Waals surface area contributed by atoms with Gasteiger partial charge in [0.15, 0.2) is 0 Å². The molecule has 2 fully saturated rings. The summed E-state index contributed by atoms with van der Waals surface area (Å²) in [6.07, 6.45) is 2.18. The average Bonchev–Trinajstić information content (AvgIpc) is 2.72. The third-order valence-electron chi connectivity index (χ3n) is 3.42. The Morgan fingerprint density at radius 1 is 1.44 bits per heavy atom. The fourth-order valence-electron chi connectivity index (χ4n) is 2.73. The van der Waals surface area contributed by atoms with Crippen LogP contribution in [0.3, 0.4) is 0 Å². The molecule has 1 saturated heterocycles. The highest BCUT2D eigenvalue weighted by Gasteiger charge is 2.39. The molecule has 1 aliphatic carbocycles. The van der Waals surface area contributed by atoms with Gasteiger partial charge in [-0.2, -0.15) is 0 Å². The molecule has 92 valence electrons. The number of carbonyl (C=O) groups is 1. The summed E-state index contributed by atoms with van der Waals surface area (Å²) in [6.45, 7) is 7.53. The molecule has 2 N–H and O–H groups in total. The molecule has 1 amide bonds. The summed E-state index contributed by atoms with van der Waals surface area (Å²) in [5, 5.41) is 6.34. The third-order valence-corrected chi connectivity index (χ3v) is 3.42. The molecule has 2 rings (SSSR count). The van der Waals surface area contributed by atoms with Crippen molar-refractivity contribution in [3.05, 3.63) is 0 Å². The Morgan fingerprint density at radius 3 is 2.69 bits per heavy atom. The molecule has 0 aromatic carbocycles. The number of piperidine rings is 1. The van der Waals surface area contributed by atoms with Crippen molar-refractivity contribution in [2.45, 2.75) is 45.3 Å². The highest BCUT2D eigenvalue weighted by molar-refractivity contribution is 5.67. The molecular formula is C12H22N2O2. The van der Waals surface area contributed by atoms with Crippen molar-refractivity contribution in [2.24, 2.45) is 11.8 Å². The van der Waals surface area contributed by atoms with E-state index < -0.39 is 5.60 Å². The van der Waals surface area contributed by atoms with Gasteiger partial charge in [-0.05, 0) is 52.0 Å². The smallest absolute Gasteiger partial charge is 0.407 e. The molecule has 2 aliphatic rings. The highest BCUT2D eigenvalue weighted by atomic mass is 16.6. The molecule has 16 heavy (non-hydrogen) atoms. The minimum Gasteiger partial charge on any atom is -0.444 e. The van der Waals surface area contributed by atoms with Gasteiger partial charge in [0.05, 0.1) is 0 Å². The van der Waals surface area contributed by atoms with E-state index in [1.54, 1.807) is 0 Å². The fourth-order valence-corrected chi connectivity index (χ4v) is 2.73. The van der Waals surface area contributed by atoms with Crippen molar-refractivity contribution in [1.29, 1.82) is 0 Å². The van der Waals surface area contributed by atoms with Crippen LogP contribution in [-0.2, 0) is 4.74 Å². The Hall–Kier alpha value is -0.770. The Balaban J connectivity index is 1.70. The maximum absolute atomic E-state index is 11.5. The lowest BCUT2D eigenvalue weighted by molar-refractivity contribution is 0.0514. The van der Waals surface area contributed by atoms with Gasteiger partial charge in [-0.15, -0.1) is 0 Å². The average molecular weight is 226 g/mol. The van der Waals surface area contributed by atoms with Gasteiger partial charge in [-0.3, -0.25) is 0 Å². The van der Waals surface area contributed by atoms with Crippen LogP contribution < -0.4 is 10.6 Å². The minimum atomic E-state index is -0.402. The van der Waals surface area contributed by atoms with E-state index in [0.29, 0.717) is 12.0 Å². The lowest BCUT2D eigenvalue weighted by Crippen LogP contribution is -2.39. The number of nitrogens with one attached hydrogen (secondary N) is 2. The second kappa shape index (κ2) is 4.24. The first-order valence-electron chi connectivity index (χ1n) is 6.14. The van der Waals surface area contributed by atoms with E-state index in [1.807, 2.05) is 20.8 Å². The SMILES string of the molecule is CC(C)(C)OC(=O)NCC1CC2CC1CN2. The van der Waals surface area contributed by atoms with Crippen molar-refractivity contribution in [3.63, 3.8) is 0 Å². The summed E-state index contributed by atoms with van der Waals surface area (Å²) in [5.41, 5.74) is -0.402. The van der Waals surface area contributed by atoms with E-state index in [-0.39, 0.29) is 6.09 Å². The lowest BCUT2D eigenvalue weighted by atomic mass is 9.95. The molecule has 3 unspecified atom stereocenters. The normalized spacial score (nSPS) is 32.8. The second-order valence-corrected chi connectivity index (χ2v) is 5.98. The number of hydrogen-bond acceptors (Lipinski definition) is 3. The van der Waals surface area contributed by atoms with Crippen LogP contribution in [0.1, 0.15) is 33.6 Å². The molecule has 0 aromatic heterocycles. The molecule has 2 bridgehead atoms. The van der Waals surface area contributed by atoms with E-state index in [0.717, 1.165) is 19.0 Å². The van der Waals surface area contributed by atoms with Crippen LogP contribution >= 0.6 is 0 Å². The minimum absolute atomic E-state index is 0.289. The number of amides is 1. The molecule has 1 aliphatic heterocycles. The van der Waals surface area contributed by atoms with Crippen LogP contribution in [0.4, 0.5) is 4.79 Å². The first-order chi connectivity index (χ1) is 7.44. The Morgan fingerprint density at radius 2 is 2.19 bits per heavy atom. The Bertz CT molecular complexity index is 273. The van der Waals surface area contributed by atoms with Gasteiger partial charge in [0, 0.05) is 12.6 Å². The molecule has 0 radical (unpaired) electrons. The van der Waals surface area contributed by atoms with Crippen molar-refractivity contribution >= 4 is 6.09 Å². The summed E-state index contributed by atoms with van der Waals surface area (Å²) < 4.78 is 5.21. The first kappa shape index (κ1) is 11.7. The van der Waals surface area contributed by atoms with Gasteiger partial charge in [0.1, 0.15) is 5.60 Å². The van der Waals surface area contributed by atoms with E-state index in [2.05, 4.69) is 10.6 Å². The van der Waals surface area contributed by atoms with Crippen molar-refractivity contribution < 1.29 is 9.53 Å².